The predicted molar refractivity (Wildman–Crippen MR) is 89.2 cm³/mol. The number of rotatable bonds is 6. The van der Waals surface area contributed by atoms with E-state index in [1.54, 1.807) is 18.3 Å². The molecule has 0 bridgehead atoms. The standard InChI is InChI=1S/C18H16N4O3/c19-8-14(10-20-11-15-3-1-2-6-21-15)18(23)22-9-13-4-5-16-17(7-13)25-12-24-16/h1-7,10,20H,9,11-12H2,(H,22,23)/b14-10-. The molecule has 0 unspecified atom stereocenters. The molecule has 2 N–H and O–H groups in total. The van der Waals surface area contributed by atoms with Gasteiger partial charge in [0.1, 0.15) is 11.6 Å². The number of carbonyl (C=O) groups excluding carboxylic acids is 1. The van der Waals surface area contributed by atoms with E-state index in [-0.39, 0.29) is 18.9 Å². The molecule has 1 aliphatic heterocycles. The van der Waals surface area contributed by atoms with E-state index in [4.69, 9.17) is 14.7 Å². The summed E-state index contributed by atoms with van der Waals surface area (Å²) in [7, 11) is 0. The summed E-state index contributed by atoms with van der Waals surface area (Å²) in [6.07, 6.45) is 3.08. The maximum absolute atomic E-state index is 12.1. The van der Waals surface area contributed by atoms with Crippen LogP contribution in [0.5, 0.6) is 11.5 Å². The second kappa shape index (κ2) is 7.84. The third kappa shape index (κ3) is 4.26. The molecule has 7 nitrogen and oxygen atoms in total. The van der Waals surface area contributed by atoms with Crippen LogP contribution in [0.2, 0.25) is 0 Å². The number of carbonyl (C=O) groups is 1. The average Bonchev–Trinajstić information content (AvgIpc) is 3.12. The van der Waals surface area contributed by atoms with Crippen molar-refractivity contribution < 1.29 is 14.3 Å². The van der Waals surface area contributed by atoms with Crippen LogP contribution >= 0.6 is 0 Å². The molecule has 0 fully saturated rings. The summed E-state index contributed by atoms with van der Waals surface area (Å²) in [5.41, 5.74) is 1.67. The third-order valence-electron chi connectivity index (χ3n) is 3.51. The molecule has 0 aliphatic carbocycles. The van der Waals surface area contributed by atoms with Gasteiger partial charge in [-0.05, 0) is 29.8 Å². The lowest BCUT2D eigenvalue weighted by atomic mass is 10.2. The van der Waals surface area contributed by atoms with E-state index in [0.717, 1.165) is 11.3 Å². The van der Waals surface area contributed by atoms with Crippen molar-refractivity contribution in [3.63, 3.8) is 0 Å². The molecule has 0 saturated heterocycles. The number of benzene rings is 1. The number of fused-ring (bicyclic) bond motifs is 1. The SMILES string of the molecule is N#C/C(=C/NCc1ccccn1)C(=O)NCc1ccc2c(c1)OCO2. The van der Waals surface area contributed by atoms with Crippen LogP contribution in [0.1, 0.15) is 11.3 Å². The molecule has 7 heteroatoms. The van der Waals surface area contributed by atoms with E-state index in [2.05, 4.69) is 15.6 Å². The van der Waals surface area contributed by atoms with Crippen LogP contribution in [0.3, 0.4) is 0 Å². The van der Waals surface area contributed by atoms with Crippen LogP contribution in [0.25, 0.3) is 0 Å². The fourth-order valence-corrected chi connectivity index (χ4v) is 2.24. The lowest BCUT2D eigenvalue weighted by molar-refractivity contribution is -0.117. The fraction of sp³-hybridized carbons (Fsp3) is 0.167. The van der Waals surface area contributed by atoms with Crippen molar-refractivity contribution in [2.75, 3.05) is 6.79 Å². The normalized spacial score (nSPS) is 12.4. The van der Waals surface area contributed by atoms with Crippen LogP contribution < -0.4 is 20.1 Å². The molecule has 1 aromatic heterocycles. The van der Waals surface area contributed by atoms with E-state index in [1.165, 1.54) is 6.20 Å². The largest absolute Gasteiger partial charge is 0.454 e. The number of aromatic nitrogens is 1. The molecular formula is C18H16N4O3. The minimum atomic E-state index is -0.450. The van der Waals surface area contributed by atoms with Crippen LogP contribution in [-0.4, -0.2) is 17.7 Å². The van der Waals surface area contributed by atoms with E-state index < -0.39 is 5.91 Å². The van der Waals surface area contributed by atoms with E-state index in [1.807, 2.05) is 30.3 Å². The van der Waals surface area contributed by atoms with Gasteiger partial charge < -0.3 is 20.1 Å². The average molecular weight is 336 g/mol. The molecule has 1 amide bonds. The number of amides is 1. The van der Waals surface area contributed by atoms with E-state index in [9.17, 15) is 4.79 Å². The van der Waals surface area contributed by atoms with Crippen molar-refractivity contribution >= 4 is 5.91 Å². The second-order valence-electron chi connectivity index (χ2n) is 5.24. The van der Waals surface area contributed by atoms with Crippen molar-refractivity contribution in [2.24, 2.45) is 0 Å². The van der Waals surface area contributed by atoms with Gasteiger partial charge in [0.25, 0.3) is 5.91 Å². The van der Waals surface area contributed by atoms with E-state index in [0.29, 0.717) is 18.0 Å². The van der Waals surface area contributed by atoms with Crippen molar-refractivity contribution in [1.29, 1.82) is 5.26 Å². The summed E-state index contributed by atoms with van der Waals surface area (Å²) in [6.45, 7) is 0.921. The Hall–Kier alpha value is -3.53. The highest BCUT2D eigenvalue weighted by Gasteiger charge is 2.14. The molecule has 1 aliphatic rings. The van der Waals surface area contributed by atoms with Gasteiger partial charge in [-0.1, -0.05) is 12.1 Å². The first-order valence-corrected chi connectivity index (χ1v) is 7.66. The Morgan fingerprint density at radius 1 is 1.24 bits per heavy atom. The summed E-state index contributed by atoms with van der Waals surface area (Å²) < 4.78 is 10.5. The molecule has 0 atom stereocenters. The second-order valence-corrected chi connectivity index (χ2v) is 5.24. The third-order valence-corrected chi connectivity index (χ3v) is 3.51. The highest BCUT2D eigenvalue weighted by Crippen LogP contribution is 2.32. The first-order chi connectivity index (χ1) is 12.3. The summed E-state index contributed by atoms with van der Waals surface area (Å²) >= 11 is 0. The van der Waals surface area contributed by atoms with Crippen molar-refractivity contribution in [3.05, 3.63) is 65.6 Å². The molecule has 0 saturated carbocycles. The van der Waals surface area contributed by atoms with Gasteiger partial charge in [-0.25, -0.2) is 0 Å². The molecule has 1 aromatic carbocycles. The van der Waals surface area contributed by atoms with Gasteiger partial charge in [-0.3, -0.25) is 9.78 Å². The summed E-state index contributed by atoms with van der Waals surface area (Å²) in [5, 5.41) is 14.8. The molecule has 2 heterocycles. The summed E-state index contributed by atoms with van der Waals surface area (Å²) in [6, 6.07) is 12.9. The van der Waals surface area contributed by atoms with Gasteiger partial charge in [0, 0.05) is 18.9 Å². The Labute approximate surface area is 144 Å². The number of pyridine rings is 1. The van der Waals surface area contributed by atoms with Gasteiger partial charge in [0.2, 0.25) is 6.79 Å². The molecule has 25 heavy (non-hydrogen) atoms. The number of nitrogens with one attached hydrogen (secondary N) is 2. The van der Waals surface area contributed by atoms with Gasteiger partial charge in [-0.2, -0.15) is 5.26 Å². The molecular weight excluding hydrogens is 320 g/mol. The highest BCUT2D eigenvalue weighted by molar-refractivity contribution is 5.97. The maximum Gasteiger partial charge on any atom is 0.263 e. The van der Waals surface area contributed by atoms with Crippen LogP contribution in [0.15, 0.2) is 54.4 Å². The summed E-state index contributed by atoms with van der Waals surface area (Å²) in [4.78, 5) is 16.3. The number of hydrogen-bond donors (Lipinski definition) is 2. The molecule has 3 rings (SSSR count). The first-order valence-electron chi connectivity index (χ1n) is 7.66. The minimum Gasteiger partial charge on any atom is -0.454 e. The fourth-order valence-electron chi connectivity index (χ4n) is 2.24. The summed E-state index contributed by atoms with van der Waals surface area (Å²) in [5.74, 6) is 0.889. The Morgan fingerprint density at radius 2 is 2.12 bits per heavy atom. The van der Waals surface area contributed by atoms with Crippen molar-refractivity contribution in [2.45, 2.75) is 13.1 Å². The maximum atomic E-state index is 12.1. The smallest absolute Gasteiger partial charge is 0.263 e. The Morgan fingerprint density at radius 3 is 2.92 bits per heavy atom. The lowest BCUT2D eigenvalue weighted by Crippen LogP contribution is -2.25. The molecule has 0 spiro atoms. The molecule has 126 valence electrons. The number of nitrogens with zero attached hydrogens (tertiary/aromatic N) is 2. The zero-order valence-electron chi connectivity index (χ0n) is 13.4. The molecule has 0 radical (unpaired) electrons. The zero-order valence-corrected chi connectivity index (χ0v) is 13.4. The van der Waals surface area contributed by atoms with Gasteiger partial charge in [0.05, 0.1) is 12.2 Å². The van der Waals surface area contributed by atoms with E-state index >= 15 is 0 Å². The van der Waals surface area contributed by atoms with Gasteiger partial charge >= 0.3 is 0 Å². The van der Waals surface area contributed by atoms with Crippen LogP contribution in [0, 0.1) is 11.3 Å². The quantitative estimate of drug-likeness (QED) is 0.615. The Bertz CT molecular complexity index is 828. The monoisotopic (exact) mass is 336 g/mol. The Kier molecular flexibility index (Phi) is 5.12. The van der Waals surface area contributed by atoms with Crippen LogP contribution in [-0.2, 0) is 17.9 Å². The number of ether oxygens (including phenoxy) is 2. The lowest BCUT2D eigenvalue weighted by Gasteiger charge is -2.06. The Balaban J connectivity index is 1.53. The minimum absolute atomic E-state index is 0.00308. The van der Waals surface area contributed by atoms with Crippen molar-refractivity contribution in [1.82, 2.24) is 15.6 Å². The first kappa shape index (κ1) is 16.3. The van der Waals surface area contributed by atoms with Gasteiger partial charge in [-0.15, -0.1) is 0 Å². The predicted octanol–water partition coefficient (Wildman–Crippen LogP) is 1.62. The number of nitriles is 1. The molecule has 2 aromatic rings. The zero-order chi connectivity index (χ0) is 17.5. The van der Waals surface area contributed by atoms with Crippen LogP contribution in [0.4, 0.5) is 0 Å². The highest BCUT2D eigenvalue weighted by atomic mass is 16.7. The topological polar surface area (TPSA) is 96.3 Å². The van der Waals surface area contributed by atoms with Crippen molar-refractivity contribution in [3.8, 4) is 17.6 Å². The van der Waals surface area contributed by atoms with Gasteiger partial charge in [0.15, 0.2) is 11.5 Å². The number of hydrogen-bond acceptors (Lipinski definition) is 6.